The van der Waals surface area contributed by atoms with E-state index in [1.165, 1.54) is 30.3 Å². The maximum absolute atomic E-state index is 12.4. The number of aromatic hydroxyl groups is 1. The molecule has 0 unspecified atom stereocenters. The van der Waals surface area contributed by atoms with Gasteiger partial charge in [-0.15, -0.1) is 0 Å². The topological polar surface area (TPSA) is 61.1 Å². The van der Waals surface area contributed by atoms with Crippen molar-refractivity contribution in [3.63, 3.8) is 0 Å². The number of hydrogen-bond acceptors (Lipinski definition) is 3. The Morgan fingerprint density at radius 2 is 1.84 bits per heavy atom. The predicted molar refractivity (Wildman–Crippen MR) is 69.6 cm³/mol. The van der Waals surface area contributed by atoms with E-state index >= 15 is 0 Å². The SMILES string of the molecule is N#Cc1ccc(F)c(Cl)c1.O=Cc1ccc(O)cc1. The van der Waals surface area contributed by atoms with Crippen molar-refractivity contribution in [2.24, 2.45) is 0 Å². The number of hydrogen-bond donors (Lipinski definition) is 1. The van der Waals surface area contributed by atoms with Crippen LogP contribution < -0.4 is 0 Å². The van der Waals surface area contributed by atoms with Crippen LogP contribution in [0.2, 0.25) is 5.02 Å². The zero-order valence-electron chi connectivity index (χ0n) is 9.68. The number of nitriles is 1. The minimum Gasteiger partial charge on any atom is -0.508 e. The molecular formula is C14H9ClFNO2. The van der Waals surface area contributed by atoms with Crippen molar-refractivity contribution >= 4 is 17.9 Å². The molecule has 2 rings (SSSR count). The summed E-state index contributed by atoms with van der Waals surface area (Å²) in [6, 6.07) is 11.7. The Labute approximate surface area is 114 Å². The van der Waals surface area contributed by atoms with Crippen LogP contribution in [0.3, 0.4) is 0 Å². The summed E-state index contributed by atoms with van der Waals surface area (Å²) < 4.78 is 12.4. The van der Waals surface area contributed by atoms with Gasteiger partial charge in [-0.1, -0.05) is 11.6 Å². The number of phenolic OH excluding ortho intramolecular Hbond substituents is 1. The van der Waals surface area contributed by atoms with E-state index in [-0.39, 0.29) is 10.8 Å². The fourth-order valence-corrected chi connectivity index (χ4v) is 1.30. The first kappa shape index (κ1) is 14.7. The van der Waals surface area contributed by atoms with Crippen LogP contribution in [0.15, 0.2) is 42.5 Å². The number of carbonyl (C=O) groups excluding carboxylic acids is 1. The van der Waals surface area contributed by atoms with Gasteiger partial charge in [0, 0.05) is 5.56 Å². The summed E-state index contributed by atoms with van der Waals surface area (Å²) in [4.78, 5) is 10.0. The minimum absolute atomic E-state index is 0.0148. The largest absolute Gasteiger partial charge is 0.508 e. The third-order valence-corrected chi connectivity index (χ3v) is 2.37. The van der Waals surface area contributed by atoms with E-state index in [1.54, 1.807) is 12.1 Å². The Kier molecular flexibility index (Phi) is 5.52. The lowest BCUT2D eigenvalue weighted by atomic mass is 10.2. The lowest BCUT2D eigenvalue weighted by molar-refractivity contribution is 0.112. The van der Waals surface area contributed by atoms with Crippen LogP contribution in [0.4, 0.5) is 4.39 Å². The molecule has 96 valence electrons. The molecule has 0 amide bonds. The Morgan fingerprint density at radius 3 is 2.32 bits per heavy atom. The zero-order valence-corrected chi connectivity index (χ0v) is 10.4. The number of phenols is 1. The van der Waals surface area contributed by atoms with Crippen molar-refractivity contribution in [3.8, 4) is 11.8 Å². The standard InChI is InChI=1S/C7H3ClFN.C7H6O2/c8-6-3-5(4-10)1-2-7(6)9;8-5-6-1-3-7(9)4-2-6/h1-3H;1-5,9H. The molecule has 0 spiro atoms. The first-order valence-electron chi connectivity index (χ1n) is 5.16. The number of carbonyl (C=O) groups is 1. The highest BCUT2D eigenvalue weighted by Crippen LogP contribution is 2.14. The van der Waals surface area contributed by atoms with Crippen LogP contribution >= 0.6 is 11.6 Å². The first-order valence-corrected chi connectivity index (χ1v) is 5.54. The van der Waals surface area contributed by atoms with Gasteiger partial charge in [0.2, 0.25) is 0 Å². The molecule has 5 heteroatoms. The van der Waals surface area contributed by atoms with E-state index in [0.29, 0.717) is 11.1 Å². The van der Waals surface area contributed by atoms with Gasteiger partial charge < -0.3 is 5.11 Å². The quantitative estimate of drug-likeness (QED) is 0.811. The minimum atomic E-state index is -0.499. The maximum Gasteiger partial charge on any atom is 0.150 e. The molecule has 2 aromatic carbocycles. The second-order valence-electron chi connectivity index (χ2n) is 3.45. The van der Waals surface area contributed by atoms with Crippen LogP contribution in [0.1, 0.15) is 15.9 Å². The lowest BCUT2D eigenvalue weighted by Gasteiger charge is -1.91. The summed E-state index contributed by atoms with van der Waals surface area (Å²) in [5.74, 6) is -0.318. The van der Waals surface area contributed by atoms with Crippen molar-refractivity contribution in [3.05, 3.63) is 64.4 Å². The smallest absolute Gasteiger partial charge is 0.150 e. The molecule has 0 atom stereocenters. The van der Waals surface area contributed by atoms with Gasteiger partial charge in [-0.3, -0.25) is 4.79 Å². The fraction of sp³-hybridized carbons (Fsp3) is 0. The van der Waals surface area contributed by atoms with Crippen molar-refractivity contribution in [2.45, 2.75) is 0 Å². The Bertz CT molecular complexity index is 606. The molecule has 0 aliphatic heterocycles. The highest BCUT2D eigenvalue weighted by atomic mass is 35.5. The number of aldehydes is 1. The number of benzene rings is 2. The highest BCUT2D eigenvalue weighted by Gasteiger charge is 1.98. The molecule has 0 heterocycles. The van der Waals surface area contributed by atoms with Crippen LogP contribution in [0.5, 0.6) is 5.75 Å². The van der Waals surface area contributed by atoms with E-state index in [1.807, 2.05) is 6.07 Å². The molecule has 0 aromatic heterocycles. The van der Waals surface area contributed by atoms with Gasteiger partial charge in [0.25, 0.3) is 0 Å². The monoisotopic (exact) mass is 277 g/mol. The van der Waals surface area contributed by atoms with Crippen molar-refractivity contribution in [1.82, 2.24) is 0 Å². The summed E-state index contributed by atoms with van der Waals surface area (Å²) >= 11 is 5.37. The molecule has 19 heavy (non-hydrogen) atoms. The molecular weight excluding hydrogens is 269 g/mol. The predicted octanol–water partition coefficient (Wildman–Crippen LogP) is 3.56. The van der Waals surface area contributed by atoms with Gasteiger partial charge in [0.1, 0.15) is 17.9 Å². The summed E-state index contributed by atoms with van der Waals surface area (Å²) in [5, 5.41) is 17.0. The van der Waals surface area contributed by atoms with Gasteiger partial charge in [0.05, 0.1) is 16.7 Å². The molecule has 0 saturated carbocycles. The van der Waals surface area contributed by atoms with Crippen molar-refractivity contribution < 1.29 is 14.3 Å². The van der Waals surface area contributed by atoms with E-state index in [9.17, 15) is 9.18 Å². The number of halogens is 2. The molecule has 0 bridgehead atoms. The maximum atomic E-state index is 12.4. The molecule has 0 aliphatic rings. The summed E-state index contributed by atoms with van der Waals surface area (Å²) in [6.45, 7) is 0. The van der Waals surface area contributed by atoms with Gasteiger partial charge >= 0.3 is 0 Å². The Hall–Kier alpha value is -2.38. The molecule has 2 aromatic rings. The van der Waals surface area contributed by atoms with Gasteiger partial charge in [-0.2, -0.15) is 5.26 Å². The number of rotatable bonds is 1. The molecule has 3 nitrogen and oxygen atoms in total. The molecule has 1 N–H and O–H groups in total. The third-order valence-electron chi connectivity index (χ3n) is 2.08. The van der Waals surface area contributed by atoms with Gasteiger partial charge in [-0.05, 0) is 42.5 Å². The molecule has 0 saturated heterocycles. The van der Waals surface area contributed by atoms with Gasteiger partial charge in [0.15, 0.2) is 0 Å². The highest BCUT2D eigenvalue weighted by molar-refractivity contribution is 6.30. The second-order valence-corrected chi connectivity index (χ2v) is 3.86. The van der Waals surface area contributed by atoms with Crippen LogP contribution in [-0.4, -0.2) is 11.4 Å². The van der Waals surface area contributed by atoms with E-state index in [4.69, 9.17) is 22.0 Å². The zero-order chi connectivity index (χ0) is 14.3. The van der Waals surface area contributed by atoms with Crippen molar-refractivity contribution in [2.75, 3.05) is 0 Å². The Morgan fingerprint density at radius 1 is 1.21 bits per heavy atom. The first-order chi connectivity index (χ1) is 9.06. The molecule has 0 fully saturated rings. The second kappa shape index (κ2) is 7.14. The number of nitrogens with zero attached hydrogens (tertiary/aromatic N) is 1. The summed E-state index contributed by atoms with van der Waals surface area (Å²) in [7, 11) is 0. The summed E-state index contributed by atoms with van der Waals surface area (Å²) in [6.07, 6.45) is 0.736. The van der Waals surface area contributed by atoms with Crippen LogP contribution in [-0.2, 0) is 0 Å². The fourth-order valence-electron chi connectivity index (χ4n) is 1.12. The summed E-state index contributed by atoms with van der Waals surface area (Å²) in [5.41, 5.74) is 0.944. The molecule has 0 aliphatic carbocycles. The van der Waals surface area contributed by atoms with E-state index in [2.05, 4.69) is 0 Å². The van der Waals surface area contributed by atoms with E-state index < -0.39 is 5.82 Å². The normalized spacial score (nSPS) is 8.89. The third kappa shape index (κ3) is 4.78. The van der Waals surface area contributed by atoms with Crippen molar-refractivity contribution in [1.29, 1.82) is 5.26 Å². The van der Waals surface area contributed by atoms with Crippen LogP contribution in [0, 0.1) is 17.1 Å². The lowest BCUT2D eigenvalue weighted by Crippen LogP contribution is -1.77. The van der Waals surface area contributed by atoms with Gasteiger partial charge in [-0.25, -0.2) is 4.39 Å². The average molecular weight is 278 g/mol. The average Bonchev–Trinajstić information content (AvgIpc) is 2.43. The molecule has 0 radical (unpaired) electrons. The van der Waals surface area contributed by atoms with Crippen LogP contribution in [0.25, 0.3) is 0 Å². The Balaban J connectivity index is 0.000000191. The van der Waals surface area contributed by atoms with E-state index in [0.717, 1.165) is 6.29 Å².